The Kier molecular flexibility index (Phi) is 6.99. The number of nitrogens with zero attached hydrogens (tertiary/aromatic N) is 1. The maximum absolute atomic E-state index is 12.7. The summed E-state index contributed by atoms with van der Waals surface area (Å²) < 4.78 is 11.3. The zero-order valence-corrected chi connectivity index (χ0v) is 18.2. The topological polar surface area (TPSA) is 89.0 Å². The highest BCUT2D eigenvalue weighted by Crippen LogP contribution is 2.30. The van der Waals surface area contributed by atoms with Gasteiger partial charge in [0.25, 0.3) is 5.91 Å². The zero-order chi connectivity index (χ0) is 23.0. The lowest BCUT2D eigenvalue weighted by molar-refractivity contribution is -0.133. The predicted molar refractivity (Wildman–Crippen MR) is 125 cm³/mol. The van der Waals surface area contributed by atoms with Crippen LogP contribution in [0.5, 0.6) is 11.5 Å². The molecule has 1 aliphatic heterocycles. The van der Waals surface area contributed by atoms with Crippen LogP contribution in [-0.2, 0) is 16.2 Å². The third-order valence-corrected chi connectivity index (χ3v) is 5.50. The lowest BCUT2D eigenvalue weighted by atomic mass is 9.88. The molecule has 0 unspecified atom stereocenters. The zero-order valence-electron chi connectivity index (χ0n) is 18.2. The fraction of sp³-hybridized carbons (Fsp3) is 0.192. The second-order valence-corrected chi connectivity index (χ2v) is 7.66. The van der Waals surface area contributed by atoms with Gasteiger partial charge in [0.05, 0.1) is 13.3 Å². The maximum Gasteiger partial charge on any atom is 0.253 e. The minimum absolute atomic E-state index is 0.227. The lowest BCUT2D eigenvalue weighted by Gasteiger charge is -2.15. The molecule has 2 amide bonds. The van der Waals surface area contributed by atoms with E-state index in [1.807, 2.05) is 66.7 Å². The van der Waals surface area contributed by atoms with Gasteiger partial charge in [-0.3, -0.25) is 9.59 Å². The molecule has 2 N–H and O–H groups in total. The van der Waals surface area contributed by atoms with Crippen LogP contribution < -0.4 is 20.2 Å². The van der Waals surface area contributed by atoms with Gasteiger partial charge in [-0.1, -0.05) is 60.7 Å². The maximum atomic E-state index is 12.7. The number of hydrogen-bond donors (Lipinski definition) is 2. The fourth-order valence-electron chi connectivity index (χ4n) is 3.79. The molecule has 7 heteroatoms. The van der Waals surface area contributed by atoms with E-state index in [1.165, 1.54) is 6.21 Å². The number of nitrogens with one attached hydrogen (secondary N) is 2. The molecule has 0 aliphatic carbocycles. The van der Waals surface area contributed by atoms with Gasteiger partial charge in [-0.25, -0.2) is 5.43 Å². The number of methoxy groups -OCH3 is 1. The minimum atomic E-state index is -0.826. The van der Waals surface area contributed by atoms with E-state index < -0.39 is 11.8 Å². The Labute approximate surface area is 192 Å². The van der Waals surface area contributed by atoms with Gasteiger partial charge in [0.1, 0.15) is 12.5 Å². The molecule has 0 saturated carbocycles. The van der Waals surface area contributed by atoms with Crippen LogP contribution in [0.3, 0.4) is 0 Å². The summed E-state index contributed by atoms with van der Waals surface area (Å²) in [6, 6.07) is 24.8. The van der Waals surface area contributed by atoms with Crippen molar-refractivity contribution in [3.05, 3.63) is 95.6 Å². The molecule has 33 heavy (non-hydrogen) atoms. The smallest absolute Gasteiger partial charge is 0.253 e. The number of carbonyl (C=O) groups excluding carboxylic acids is 2. The summed E-state index contributed by atoms with van der Waals surface area (Å²) in [6.45, 7) is 0.846. The first kappa shape index (κ1) is 22.1. The van der Waals surface area contributed by atoms with Crippen LogP contribution in [0.25, 0.3) is 0 Å². The van der Waals surface area contributed by atoms with Gasteiger partial charge >= 0.3 is 0 Å². The van der Waals surface area contributed by atoms with Crippen molar-refractivity contribution in [2.24, 2.45) is 11.0 Å². The largest absolute Gasteiger partial charge is 0.493 e. The summed E-state index contributed by atoms with van der Waals surface area (Å²) in [7, 11) is 1.57. The average molecular weight is 444 g/mol. The van der Waals surface area contributed by atoms with Crippen LogP contribution in [0, 0.1) is 5.92 Å². The van der Waals surface area contributed by atoms with Crippen LogP contribution in [-0.4, -0.2) is 31.7 Å². The normalized spacial score (nSPS) is 17.5. The molecule has 1 saturated heterocycles. The van der Waals surface area contributed by atoms with Crippen LogP contribution in [0.4, 0.5) is 0 Å². The summed E-state index contributed by atoms with van der Waals surface area (Å²) in [5.74, 6) is -0.623. The van der Waals surface area contributed by atoms with Gasteiger partial charge in [-0.2, -0.15) is 5.10 Å². The van der Waals surface area contributed by atoms with Gasteiger partial charge in [-0.05, 0) is 34.9 Å². The predicted octanol–water partition coefficient (Wildman–Crippen LogP) is 3.25. The molecular formula is C26H25N3O4. The molecule has 0 aromatic heterocycles. The SMILES string of the molecule is COc1cc(C=NNC(=O)[C@H]2C(=O)NC[C@@H]2c2ccccc2)ccc1OCc1ccccc1. The Hall–Kier alpha value is -4.13. The fourth-order valence-corrected chi connectivity index (χ4v) is 3.79. The molecule has 3 aromatic carbocycles. The number of rotatable bonds is 8. The van der Waals surface area contributed by atoms with Gasteiger partial charge in [0.2, 0.25) is 5.91 Å². The van der Waals surface area contributed by atoms with Crippen LogP contribution >= 0.6 is 0 Å². The number of hydrazone groups is 1. The van der Waals surface area contributed by atoms with Crippen molar-refractivity contribution in [3.8, 4) is 11.5 Å². The minimum Gasteiger partial charge on any atom is -0.493 e. The first-order valence-electron chi connectivity index (χ1n) is 10.7. The molecule has 3 aromatic rings. The van der Waals surface area contributed by atoms with Gasteiger partial charge in [-0.15, -0.1) is 0 Å². The van der Waals surface area contributed by atoms with E-state index >= 15 is 0 Å². The van der Waals surface area contributed by atoms with E-state index in [9.17, 15) is 9.59 Å². The Balaban J connectivity index is 1.39. The quantitative estimate of drug-likeness (QED) is 0.318. The summed E-state index contributed by atoms with van der Waals surface area (Å²) in [6.07, 6.45) is 1.51. The molecule has 0 radical (unpaired) electrons. The van der Waals surface area contributed by atoms with Crippen molar-refractivity contribution in [2.45, 2.75) is 12.5 Å². The van der Waals surface area contributed by atoms with Gasteiger partial charge in [0, 0.05) is 12.5 Å². The van der Waals surface area contributed by atoms with E-state index in [0.717, 1.165) is 16.7 Å². The van der Waals surface area contributed by atoms with E-state index in [1.54, 1.807) is 19.2 Å². The molecule has 1 fully saturated rings. The number of amides is 2. The third kappa shape index (κ3) is 5.38. The van der Waals surface area contributed by atoms with E-state index in [2.05, 4.69) is 15.8 Å². The molecule has 1 heterocycles. The Morgan fingerprint density at radius 3 is 2.52 bits per heavy atom. The van der Waals surface area contributed by atoms with Gasteiger partial charge < -0.3 is 14.8 Å². The first-order chi connectivity index (χ1) is 16.2. The monoisotopic (exact) mass is 443 g/mol. The lowest BCUT2D eigenvalue weighted by Crippen LogP contribution is -2.34. The van der Waals surface area contributed by atoms with Crippen molar-refractivity contribution >= 4 is 18.0 Å². The highest BCUT2D eigenvalue weighted by molar-refractivity contribution is 6.03. The third-order valence-electron chi connectivity index (χ3n) is 5.50. The van der Waals surface area contributed by atoms with Crippen molar-refractivity contribution < 1.29 is 19.1 Å². The molecule has 4 rings (SSSR count). The summed E-state index contributed by atoms with van der Waals surface area (Å²) in [5.41, 5.74) is 5.21. The molecular weight excluding hydrogens is 418 g/mol. The van der Waals surface area contributed by atoms with Crippen LogP contribution in [0.15, 0.2) is 84.0 Å². The number of carbonyl (C=O) groups is 2. The van der Waals surface area contributed by atoms with Crippen molar-refractivity contribution in [3.63, 3.8) is 0 Å². The molecule has 7 nitrogen and oxygen atoms in total. The second-order valence-electron chi connectivity index (χ2n) is 7.66. The number of ether oxygens (including phenoxy) is 2. The Morgan fingerprint density at radius 1 is 1.06 bits per heavy atom. The van der Waals surface area contributed by atoms with Crippen LogP contribution in [0.1, 0.15) is 22.6 Å². The standard InChI is InChI=1S/C26H25N3O4/c1-32-23-14-19(12-13-22(23)33-17-18-8-4-2-5-9-18)15-28-29-26(31)24-21(16-27-25(24)30)20-10-6-3-7-11-20/h2-15,21,24H,16-17H2,1H3,(H,27,30)(H,29,31)/t21-,24-/m1/s1. The molecule has 0 bridgehead atoms. The van der Waals surface area contributed by atoms with Gasteiger partial charge in [0.15, 0.2) is 11.5 Å². The van der Waals surface area contributed by atoms with Crippen LogP contribution in [0.2, 0.25) is 0 Å². The summed E-state index contributed by atoms with van der Waals surface area (Å²) >= 11 is 0. The van der Waals surface area contributed by atoms with E-state index in [0.29, 0.717) is 24.7 Å². The average Bonchev–Trinajstić information content (AvgIpc) is 3.25. The number of benzene rings is 3. The molecule has 1 aliphatic rings. The van der Waals surface area contributed by atoms with Crippen molar-refractivity contribution in [1.82, 2.24) is 10.7 Å². The number of hydrogen-bond acceptors (Lipinski definition) is 5. The summed E-state index contributed by atoms with van der Waals surface area (Å²) in [4.78, 5) is 25.0. The highest BCUT2D eigenvalue weighted by Gasteiger charge is 2.40. The van der Waals surface area contributed by atoms with Crippen molar-refractivity contribution in [2.75, 3.05) is 13.7 Å². The molecule has 168 valence electrons. The Morgan fingerprint density at radius 2 is 1.79 bits per heavy atom. The summed E-state index contributed by atoms with van der Waals surface area (Å²) in [5, 5.41) is 6.82. The first-order valence-corrected chi connectivity index (χ1v) is 10.7. The highest BCUT2D eigenvalue weighted by atomic mass is 16.5. The second kappa shape index (κ2) is 10.5. The van der Waals surface area contributed by atoms with E-state index in [4.69, 9.17) is 9.47 Å². The van der Waals surface area contributed by atoms with Crippen molar-refractivity contribution in [1.29, 1.82) is 0 Å². The molecule has 0 spiro atoms. The Bertz CT molecular complexity index is 1130. The van der Waals surface area contributed by atoms with E-state index in [-0.39, 0.29) is 11.8 Å². The molecule has 2 atom stereocenters.